The lowest BCUT2D eigenvalue weighted by molar-refractivity contribution is -0.115. The number of aryl methyl sites for hydroxylation is 1. The number of hydrogen-bond donors (Lipinski definition) is 1. The van der Waals surface area contributed by atoms with Gasteiger partial charge in [-0.25, -0.2) is 0 Å². The van der Waals surface area contributed by atoms with E-state index < -0.39 is 0 Å². The molecule has 0 aliphatic carbocycles. The minimum Gasteiger partial charge on any atom is -0.325 e. The molecule has 0 radical (unpaired) electrons. The average molecular weight is 380 g/mol. The minimum absolute atomic E-state index is 0.0213. The summed E-state index contributed by atoms with van der Waals surface area (Å²) in [7, 11) is 0. The summed E-state index contributed by atoms with van der Waals surface area (Å²) in [5.41, 5.74) is 5.27. The lowest BCUT2D eigenvalue weighted by Crippen LogP contribution is -2.14. The summed E-state index contributed by atoms with van der Waals surface area (Å²) >= 11 is 3.48. The molecular weight excluding hydrogens is 362 g/mol. The highest BCUT2D eigenvalue weighted by Crippen LogP contribution is 2.24. The highest BCUT2D eigenvalue weighted by molar-refractivity contribution is 9.10. The molecule has 0 spiro atoms. The van der Waals surface area contributed by atoms with Crippen molar-refractivity contribution in [3.63, 3.8) is 0 Å². The molecule has 0 atom stereocenters. The summed E-state index contributed by atoms with van der Waals surface area (Å²) in [5, 5.41) is 2.95. The van der Waals surface area contributed by atoms with Crippen LogP contribution in [0.3, 0.4) is 0 Å². The van der Waals surface area contributed by atoms with Gasteiger partial charge in [0.1, 0.15) is 0 Å². The van der Waals surface area contributed by atoms with Crippen molar-refractivity contribution < 1.29 is 4.79 Å². The van der Waals surface area contributed by atoms with Crippen LogP contribution < -0.4 is 5.32 Å². The molecular formula is C21H18BrNO. The van der Waals surface area contributed by atoms with E-state index in [9.17, 15) is 4.79 Å². The number of amides is 1. The van der Waals surface area contributed by atoms with Gasteiger partial charge in [0.2, 0.25) is 5.91 Å². The Bertz CT molecular complexity index is 841. The van der Waals surface area contributed by atoms with Gasteiger partial charge in [0.05, 0.1) is 12.1 Å². The third kappa shape index (κ3) is 4.12. The third-order valence-electron chi connectivity index (χ3n) is 3.82. The summed E-state index contributed by atoms with van der Waals surface area (Å²) in [6, 6.07) is 24.2. The number of anilines is 1. The van der Waals surface area contributed by atoms with Crippen LogP contribution >= 0.6 is 15.9 Å². The van der Waals surface area contributed by atoms with Crippen LogP contribution in [0.25, 0.3) is 11.1 Å². The number of rotatable bonds is 4. The van der Waals surface area contributed by atoms with E-state index in [0.29, 0.717) is 6.42 Å². The first-order valence-electron chi connectivity index (χ1n) is 7.82. The topological polar surface area (TPSA) is 29.1 Å². The summed E-state index contributed by atoms with van der Waals surface area (Å²) < 4.78 is 0.898. The summed E-state index contributed by atoms with van der Waals surface area (Å²) in [6.45, 7) is 2.02. The van der Waals surface area contributed by atoms with Crippen molar-refractivity contribution in [1.82, 2.24) is 0 Å². The maximum absolute atomic E-state index is 12.2. The fourth-order valence-electron chi connectivity index (χ4n) is 2.55. The molecule has 0 aliphatic heterocycles. The van der Waals surface area contributed by atoms with Gasteiger partial charge in [-0.05, 0) is 57.2 Å². The molecule has 0 saturated carbocycles. The van der Waals surface area contributed by atoms with Crippen molar-refractivity contribution in [3.05, 3.63) is 88.4 Å². The van der Waals surface area contributed by atoms with Crippen LogP contribution in [0.1, 0.15) is 11.1 Å². The monoisotopic (exact) mass is 379 g/mol. The standard InChI is InChI=1S/C21H18BrNO/c1-15-7-12-20(19(22)13-15)23-21(24)14-16-8-10-18(11-9-16)17-5-3-2-4-6-17/h2-13H,14H2,1H3,(H,23,24). The van der Waals surface area contributed by atoms with Gasteiger partial charge in [-0.3, -0.25) is 4.79 Å². The molecule has 0 aliphatic rings. The Labute approximate surface area is 150 Å². The first kappa shape index (κ1) is 16.5. The zero-order chi connectivity index (χ0) is 16.9. The van der Waals surface area contributed by atoms with Crippen molar-refractivity contribution in [1.29, 1.82) is 0 Å². The highest BCUT2D eigenvalue weighted by atomic mass is 79.9. The van der Waals surface area contributed by atoms with Crippen LogP contribution in [0, 0.1) is 6.92 Å². The first-order valence-corrected chi connectivity index (χ1v) is 8.61. The Balaban J connectivity index is 1.66. The third-order valence-corrected chi connectivity index (χ3v) is 4.48. The van der Waals surface area contributed by atoms with Crippen LogP contribution in [-0.4, -0.2) is 5.91 Å². The first-order chi connectivity index (χ1) is 11.6. The fourth-order valence-corrected chi connectivity index (χ4v) is 3.14. The van der Waals surface area contributed by atoms with Gasteiger partial charge in [0.25, 0.3) is 0 Å². The Morgan fingerprint density at radius 3 is 2.25 bits per heavy atom. The van der Waals surface area contributed by atoms with E-state index in [1.165, 1.54) is 5.56 Å². The van der Waals surface area contributed by atoms with E-state index >= 15 is 0 Å². The fraction of sp³-hybridized carbons (Fsp3) is 0.0952. The van der Waals surface area contributed by atoms with E-state index in [-0.39, 0.29) is 5.91 Å². The summed E-state index contributed by atoms with van der Waals surface area (Å²) in [4.78, 5) is 12.2. The molecule has 1 amide bonds. The van der Waals surface area contributed by atoms with Crippen molar-refractivity contribution >= 4 is 27.5 Å². The number of carbonyl (C=O) groups is 1. The van der Waals surface area contributed by atoms with Crippen LogP contribution in [0.2, 0.25) is 0 Å². The molecule has 0 aromatic heterocycles. The Morgan fingerprint density at radius 1 is 0.917 bits per heavy atom. The molecule has 3 rings (SSSR count). The molecule has 120 valence electrons. The van der Waals surface area contributed by atoms with Crippen molar-refractivity contribution in [3.8, 4) is 11.1 Å². The van der Waals surface area contributed by atoms with Gasteiger partial charge < -0.3 is 5.32 Å². The van der Waals surface area contributed by atoms with Gasteiger partial charge >= 0.3 is 0 Å². The summed E-state index contributed by atoms with van der Waals surface area (Å²) in [5.74, 6) is -0.0213. The van der Waals surface area contributed by atoms with Crippen LogP contribution in [0.5, 0.6) is 0 Å². The second kappa shape index (κ2) is 7.45. The number of nitrogens with one attached hydrogen (secondary N) is 1. The smallest absolute Gasteiger partial charge is 0.228 e. The normalized spacial score (nSPS) is 10.4. The van der Waals surface area contributed by atoms with Crippen LogP contribution in [-0.2, 0) is 11.2 Å². The van der Waals surface area contributed by atoms with Crippen LogP contribution in [0.4, 0.5) is 5.69 Å². The molecule has 0 saturated heterocycles. The number of halogens is 1. The van der Waals surface area contributed by atoms with Crippen molar-refractivity contribution in [2.24, 2.45) is 0 Å². The minimum atomic E-state index is -0.0213. The molecule has 3 aromatic carbocycles. The van der Waals surface area contributed by atoms with Crippen molar-refractivity contribution in [2.75, 3.05) is 5.32 Å². The second-order valence-corrected chi connectivity index (χ2v) is 6.63. The van der Waals surface area contributed by atoms with Gasteiger partial charge in [-0.15, -0.1) is 0 Å². The molecule has 0 unspecified atom stereocenters. The molecule has 3 aromatic rings. The molecule has 2 nitrogen and oxygen atoms in total. The Kier molecular flexibility index (Phi) is 5.11. The van der Waals surface area contributed by atoms with Crippen LogP contribution in [0.15, 0.2) is 77.3 Å². The quantitative estimate of drug-likeness (QED) is 0.627. The largest absolute Gasteiger partial charge is 0.325 e. The SMILES string of the molecule is Cc1ccc(NC(=O)Cc2ccc(-c3ccccc3)cc2)c(Br)c1. The predicted octanol–water partition coefficient (Wildman–Crippen LogP) is 5.61. The molecule has 0 fully saturated rings. The summed E-state index contributed by atoms with van der Waals surface area (Å²) in [6.07, 6.45) is 0.357. The number of hydrogen-bond acceptors (Lipinski definition) is 1. The average Bonchev–Trinajstić information content (AvgIpc) is 2.59. The second-order valence-electron chi connectivity index (χ2n) is 5.77. The predicted molar refractivity (Wildman–Crippen MR) is 103 cm³/mol. The molecule has 0 bridgehead atoms. The molecule has 1 N–H and O–H groups in total. The maximum Gasteiger partial charge on any atom is 0.228 e. The molecule has 3 heteroatoms. The lowest BCUT2D eigenvalue weighted by atomic mass is 10.0. The van der Waals surface area contributed by atoms with Gasteiger partial charge in [0.15, 0.2) is 0 Å². The van der Waals surface area contributed by atoms with E-state index in [2.05, 4.69) is 45.5 Å². The number of carbonyl (C=O) groups excluding carboxylic acids is 1. The van der Waals surface area contributed by atoms with Gasteiger partial charge in [0, 0.05) is 4.47 Å². The Morgan fingerprint density at radius 2 is 1.58 bits per heavy atom. The molecule has 24 heavy (non-hydrogen) atoms. The lowest BCUT2D eigenvalue weighted by Gasteiger charge is -2.09. The van der Waals surface area contributed by atoms with Gasteiger partial charge in [-0.1, -0.05) is 60.7 Å². The Hall–Kier alpha value is -2.39. The number of benzene rings is 3. The van der Waals surface area contributed by atoms with Gasteiger partial charge in [-0.2, -0.15) is 0 Å². The zero-order valence-electron chi connectivity index (χ0n) is 13.4. The van der Waals surface area contributed by atoms with E-state index in [1.54, 1.807) is 0 Å². The van der Waals surface area contributed by atoms with Crippen molar-refractivity contribution in [2.45, 2.75) is 13.3 Å². The van der Waals surface area contributed by atoms with E-state index in [4.69, 9.17) is 0 Å². The maximum atomic E-state index is 12.2. The van der Waals surface area contributed by atoms with E-state index in [1.807, 2.05) is 55.5 Å². The molecule has 0 heterocycles. The highest BCUT2D eigenvalue weighted by Gasteiger charge is 2.07. The van der Waals surface area contributed by atoms with E-state index in [0.717, 1.165) is 26.9 Å². The zero-order valence-corrected chi connectivity index (χ0v) is 15.0.